The van der Waals surface area contributed by atoms with Crippen LogP contribution >= 0.6 is 0 Å². The summed E-state index contributed by atoms with van der Waals surface area (Å²) in [5.41, 5.74) is 5.13. The van der Waals surface area contributed by atoms with E-state index >= 15 is 0 Å². The highest BCUT2D eigenvalue weighted by Gasteiger charge is 2.62. The molecule has 1 saturated heterocycles. The van der Waals surface area contributed by atoms with Crippen molar-refractivity contribution in [2.45, 2.75) is 20.0 Å². The molecular formula is C32H27NO4. The molecule has 2 bridgehead atoms. The van der Waals surface area contributed by atoms with E-state index in [9.17, 15) is 14.4 Å². The number of fused-ring (bicyclic) bond motifs is 5. The van der Waals surface area contributed by atoms with Crippen molar-refractivity contribution >= 4 is 29.0 Å². The van der Waals surface area contributed by atoms with E-state index in [1.165, 1.54) is 4.90 Å². The molecule has 0 N–H and O–H groups in total. The Morgan fingerprint density at radius 2 is 1.24 bits per heavy atom. The fourth-order valence-corrected chi connectivity index (χ4v) is 6.11. The Balaban J connectivity index is 1.40. The maximum Gasteiger partial charge on any atom is 0.338 e. The topological polar surface area (TPSA) is 63.7 Å². The number of hydrogen-bond donors (Lipinski definition) is 0. The van der Waals surface area contributed by atoms with Gasteiger partial charge in [-0.25, -0.2) is 9.69 Å². The Morgan fingerprint density at radius 1 is 0.730 bits per heavy atom. The van der Waals surface area contributed by atoms with Gasteiger partial charge in [0.15, 0.2) is 0 Å². The second-order valence-corrected chi connectivity index (χ2v) is 10.1. The van der Waals surface area contributed by atoms with E-state index in [1.807, 2.05) is 36.4 Å². The van der Waals surface area contributed by atoms with Crippen LogP contribution in [0.3, 0.4) is 0 Å². The van der Waals surface area contributed by atoms with Gasteiger partial charge in [-0.1, -0.05) is 78.9 Å². The summed E-state index contributed by atoms with van der Waals surface area (Å²) in [6.45, 7) is 3.56. The minimum atomic E-state index is -0.474. The number of amides is 2. The maximum atomic E-state index is 13.8. The average molecular weight is 490 g/mol. The standard InChI is InChI=1S/C32H27NO4/c1-19(2)37-32(36)22-14-9-15-23(18-22)33-30(34)28-24-16-17-25(29(28)31(33)35)27(24)26(20-10-5-3-6-11-20)21-12-7-4-8-13-21/h3-19,24-25,28-29H,1-2H3/t24-,25-,28+,29+/m0/s1. The Hall–Kier alpha value is -4.25. The van der Waals surface area contributed by atoms with Gasteiger partial charge in [0, 0.05) is 11.8 Å². The molecule has 3 aromatic rings. The van der Waals surface area contributed by atoms with Crippen molar-refractivity contribution in [3.8, 4) is 0 Å². The average Bonchev–Trinajstić information content (AvgIpc) is 3.54. The van der Waals surface area contributed by atoms with Gasteiger partial charge >= 0.3 is 5.97 Å². The Bertz CT molecular complexity index is 1380. The molecule has 2 fully saturated rings. The molecule has 1 aliphatic heterocycles. The SMILES string of the molecule is CC(C)OC(=O)c1cccc(N2C(=O)[C@H]3[C@H](C2=O)[C@H]2C=C[C@H]3C2=C(c2ccccc2)c2ccccc2)c1. The second-order valence-electron chi connectivity index (χ2n) is 10.1. The van der Waals surface area contributed by atoms with Crippen LogP contribution < -0.4 is 4.90 Å². The largest absolute Gasteiger partial charge is 0.459 e. The van der Waals surface area contributed by atoms with Crippen LogP contribution in [0.5, 0.6) is 0 Å². The van der Waals surface area contributed by atoms with Crippen LogP contribution in [-0.2, 0) is 14.3 Å². The molecule has 3 aromatic carbocycles. The minimum absolute atomic E-state index is 0.152. The molecule has 1 heterocycles. The first-order chi connectivity index (χ1) is 18.0. The zero-order chi connectivity index (χ0) is 25.7. The number of benzene rings is 3. The fraction of sp³-hybridized carbons (Fsp3) is 0.219. The zero-order valence-corrected chi connectivity index (χ0v) is 20.7. The monoisotopic (exact) mass is 489 g/mol. The molecule has 2 amide bonds. The van der Waals surface area contributed by atoms with Gasteiger partial charge in [-0.15, -0.1) is 0 Å². The summed E-state index contributed by atoms with van der Waals surface area (Å²) in [5, 5.41) is 0. The van der Waals surface area contributed by atoms with E-state index in [4.69, 9.17) is 4.74 Å². The lowest BCUT2D eigenvalue weighted by atomic mass is 9.85. The normalized spacial score (nSPS) is 23.6. The van der Waals surface area contributed by atoms with Gasteiger partial charge < -0.3 is 4.74 Å². The summed E-state index contributed by atoms with van der Waals surface area (Å²) < 4.78 is 5.31. The molecule has 5 nitrogen and oxygen atoms in total. The van der Waals surface area contributed by atoms with Gasteiger partial charge in [-0.05, 0) is 54.3 Å². The van der Waals surface area contributed by atoms with E-state index in [2.05, 4.69) is 36.4 Å². The number of imide groups is 1. The first-order valence-corrected chi connectivity index (χ1v) is 12.7. The van der Waals surface area contributed by atoms with Gasteiger partial charge in [-0.2, -0.15) is 0 Å². The lowest BCUT2D eigenvalue weighted by molar-refractivity contribution is -0.122. The molecule has 0 radical (unpaired) electrons. The van der Waals surface area contributed by atoms with Crippen LogP contribution in [0.15, 0.2) is 103 Å². The summed E-state index contributed by atoms with van der Waals surface area (Å²) in [6.07, 6.45) is 3.93. The summed E-state index contributed by atoms with van der Waals surface area (Å²) in [7, 11) is 0. The predicted molar refractivity (Wildman–Crippen MR) is 141 cm³/mol. The van der Waals surface area contributed by atoms with Crippen molar-refractivity contribution in [1.82, 2.24) is 0 Å². The fourth-order valence-electron chi connectivity index (χ4n) is 6.11. The number of allylic oxidation sites excluding steroid dienone is 3. The molecule has 37 heavy (non-hydrogen) atoms. The van der Waals surface area contributed by atoms with Crippen molar-refractivity contribution in [2.24, 2.45) is 23.7 Å². The molecule has 4 atom stereocenters. The molecule has 2 aliphatic carbocycles. The Kier molecular flexibility index (Phi) is 5.64. The Morgan fingerprint density at radius 3 is 1.76 bits per heavy atom. The number of nitrogens with zero attached hydrogens (tertiary/aromatic N) is 1. The van der Waals surface area contributed by atoms with Gasteiger partial charge in [-0.3, -0.25) is 9.59 Å². The molecule has 5 heteroatoms. The number of esters is 1. The number of hydrogen-bond acceptors (Lipinski definition) is 4. The number of carbonyl (C=O) groups is 3. The van der Waals surface area contributed by atoms with Crippen LogP contribution in [0.1, 0.15) is 35.3 Å². The number of ether oxygens (including phenoxy) is 1. The van der Waals surface area contributed by atoms with Crippen LogP contribution in [0.25, 0.3) is 5.57 Å². The smallest absolute Gasteiger partial charge is 0.338 e. The molecule has 6 rings (SSSR count). The van der Waals surface area contributed by atoms with E-state index in [-0.39, 0.29) is 29.8 Å². The number of rotatable bonds is 5. The summed E-state index contributed by atoms with van der Waals surface area (Å²) in [5.74, 6) is -2.10. The van der Waals surface area contributed by atoms with Crippen LogP contribution in [0, 0.1) is 23.7 Å². The lowest BCUT2D eigenvalue weighted by Gasteiger charge is -2.22. The summed E-state index contributed by atoms with van der Waals surface area (Å²) >= 11 is 0. The maximum absolute atomic E-state index is 13.8. The summed E-state index contributed by atoms with van der Waals surface area (Å²) in [6, 6.07) is 27.0. The highest BCUT2D eigenvalue weighted by molar-refractivity contribution is 6.23. The van der Waals surface area contributed by atoms with Crippen molar-refractivity contribution in [2.75, 3.05) is 4.90 Å². The lowest BCUT2D eigenvalue weighted by Crippen LogP contribution is -2.33. The molecule has 0 spiro atoms. The van der Waals surface area contributed by atoms with E-state index in [0.29, 0.717) is 11.3 Å². The summed E-state index contributed by atoms with van der Waals surface area (Å²) in [4.78, 5) is 41.4. The third kappa shape index (κ3) is 3.73. The van der Waals surface area contributed by atoms with Crippen LogP contribution in [0.4, 0.5) is 5.69 Å². The van der Waals surface area contributed by atoms with Crippen molar-refractivity contribution in [3.05, 3.63) is 119 Å². The molecule has 0 unspecified atom stereocenters. The van der Waals surface area contributed by atoms with E-state index < -0.39 is 17.8 Å². The zero-order valence-electron chi connectivity index (χ0n) is 20.7. The van der Waals surface area contributed by atoms with E-state index in [0.717, 1.165) is 22.3 Å². The van der Waals surface area contributed by atoms with E-state index in [1.54, 1.807) is 38.1 Å². The van der Waals surface area contributed by atoms with Crippen molar-refractivity contribution < 1.29 is 19.1 Å². The van der Waals surface area contributed by atoms with Gasteiger partial charge in [0.1, 0.15) is 0 Å². The highest BCUT2D eigenvalue weighted by Crippen LogP contribution is 2.58. The highest BCUT2D eigenvalue weighted by atomic mass is 16.5. The third-order valence-electron chi connectivity index (χ3n) is 7.51. The number of anilines is 1. The van der Waals surface area contributed by atoms with Gasteiger partial charge in [0.05, 0.1) is 29.2 Å². The van der Waals surface area contributed by atoms with Crippen molar-refractivity contribution in [3.63, 3.8) is 0 Å². The van der Waals surface area contributed by atoms with Gasteiger partial charge in [0.25, 0.3) is 0 Å². The predicted octanol–water partition coefficient (Wildman–Crippen LogP) is 5.68. The number of carbonyl (C=O) groups excluding carboxylic acids is 3. The second kappa shape index (κ2) is 9.00. The molecule has 0 aromatic heterocycles. The molecule has 1 saturated carbocycles. The minimum Gasteiger partial charge on any atom is -0.459 e. The Labute approximate surface area is 216 Å². The molecule has 184 valence electrons. The van der Waals surface area contributed by atoms with Crippen LogP contribution in [-0.4, -0.2) is 23.9 Å². The first-order valence-electron chi connectivity index (χ1n) is 12.7. The first kappa shape index (κ1) is 23.2. The van der Waals surface area contributed by atoms with Crippen LogP contribution in [0.2, 0.25) is 0 Å². The van der Waals surface area contributed by atoms with Crippen molar-refractivity contribution in [1.29, 1.82) is 0 Å². The van der Waals surface area contributed by atoms with Gasteiger partial charge in [0.2, 0.25) is 11.8 Å². The quantitative estimate of drug-likeness (QED) is 0.263. The third-order valence-corrected chi connectivity index (χ3v) is 7.51. The molecule has 3 aliphatic rings. The molecular weight excluding hydrogens is 462 g/mol.